The second kappa shape index (κ2) is 16.4. The van der Waals surface area contributed by atoms with Gasteiger partial charge in [-0.25, -0.2) is 0 Å². The van der Waals surface area contributed by atoms with Gasteiger partial charge >= 0.3 is 0 Å². The van der Waals surface area contributed by atoms with Crippen LogP contribution in [0.3, 0.4) is 0 Å². The van der Waals surface area contributed by atoms with Gasteiger partial charge in [-0.05, 0) is 67.7 Å². The predicted molar refractivity (Wildman–Crippen MR) is 148 cm³/mol. The van der Waals surface area contributed by atoms with Gasteiger partial charge in [0.05, 0.1) is 0 Å². The molecule has 0 aromatic heterocycles. The lowest BCUT2D eigenvalue weighted by Gasteiger charge is -2.31. The van der Waals surface area contributed by atoms with E-state index in [1.807, 2.05) is 43.3 Å². The van der Waals surface area contributed by atoms with Crippen molar-refractivity contribution in [1.29, 1.82) is 0 Å². The van der Waals surface area contributed by atoms with E-state index in [-0.39, 0.29) is 5.78 Å². The van der Waals surface area contributed by atoms with E-state index in [2.05, 4.69) is 38.8 Å². The molecule has 0 radical (unpaired) electrons. The number of halogens is 1. The minimum Gasteiger partial charge on any atom is -0.381 e. The minimum absolute atomic E-state index is 0.0839. The molecule has 0 bridgehead atoms. The van der Waals surface area contributed by atoms with Crippen LogP contribution in [0.25, 0.3) is 12.2 Å². The van der Waals surface area contributed by atoms with Gasteiger partial charge in [0.25, 0.3) is 0 Å². The summed E-state index contributed by atoms with van der Waals surface area (Å²) in [5, 5.41) is 2.56. The van der Waals surface area contributed by atoms with Crippen molar-refractivity contribution in [3.8, 4) is 0 Å². The lowest BCUT2D eigenvalue weighted by atomic mass is 9.90. The van der Waals surface area contributed by atoms with Gasteiger partial charge in [-0.3, -0.25) is 9.69 Å². The summed E-state index contributed by atoms with van der Waals surface area (Å²) >= 11 is 6.07. The van der Waals surface area contributed by atoms with Crippen molar-refractivity contribution >= 4 is 29.5 Å². The highest BCUT2D eigenvalue weighted by atomic mass is 35.5. The quantitative estimate of drug-likeness (QED) is 0.305. The molecule has 0 spiro atoms. The van der Waals surface area contributed by atoms with Crippen molar-refractivity contribution in [2.75, 3.05) is 32.8 Å². The molecular weight excluding hydrogens is 442 g/mol. The molecule has 0 fully saturated rings. The Morgan fingerprint density at radius 1 is 1.18 bits per heavy atom. The minimum atomic E-state index is 0.0839. The van der Waals surface area contributed by atoms with Gasteiger partial charge in [0.1, 0.15) is 0 Å². The summed E-state index contributed by atoms with van der Waals surface area (Å²) in [4.78, 5) is 14.9. The van der Waals surface area contributed by atoms with Crippen molar-refractivity contribution in [1.82, 2.24) is 4.90 Å². The van der Waals surface area contributed by atoms with Gasteiger partial charge in [-0.15, -0.1) is 0 Å². The third-order valence-electron chi connectivity index (χ3n) is 5.46. The maximum absolute atomic E-state index is 12.5. The van der Waals surface area contributed by atoms with E-state index < -0.39 is 0 Å². The van der Waals surface area contributed by atoms with Crippen molar-refractivity contribution in [3.05, 3.63) is 81.3 Å². The Hall–Kier alpha value is -2.20. The summed E-state index contributed by atoms with van der Waals surface area (Å²) in [5.74, 6) is 0.0839. The van der Waals surface area contributed by atoms with Gasteiger partial charge < -0.3 is 4.74 Å². The Morgan fingerprint density at radius 2 is 1.82 bits per heavy atom. The largest absolute Gasteiger partial charge is 0.381 e. The topological polar surface area (TPSA) is 29.5 Å². The second-order valence-corrected chi connectivity index (χ2v) is 9.22. The first-order chi connectivity index (χ1) is 16.2. The standard InChI is InChI=1S/C24H28ClNO.C6H14O/c1-6-9-21(14-19(4)25)15-26-13-12-18(3)23(16-26)24(20(5)27)22-11-8-7-10-17(22)2;1-3-5-7-6-4-2/h6-11,14H,1-2,12-13,15-16H2,3-5H3;3-6H2,1-2H3/b19-14+,21-9+,24-22-;. The zero-order valence-electron chi connectivity index (χ0n) is 21.8. The summed E-state index contributed by atoms with van der Waals surface area (Å²) in [6, 6.07) is 7.85. The predicted octanol–water partition coefficient (Wildman–Crippen LogP) is 5.94. The fourth-order valence-corrected chi connectivity index (χ4v) is 4.01. The highest BCUT2D eigenvalue weighted by Crippen LogP contribution is 2.25. The van der Waals surface area contributed by atoms with Gasteiger partial charge in [0.2, 0.25) is 0 Å². The molecule has 0 saturated carbocycles. The third-order valence-corrected chi connectivity index (χ3v) is 5.57. The van der Waals surface area contributed by atoms with Crippen molar-refractivity contribution in [3.63, 3.8) is 0 Å². The molecule has 34 heavy (non-hydrogen) atoms. The molecule has 0 atom stereocenters. The summed E-state index contributed by atoms with van der Waals surface area (Å²) in [5.41, 5.74) is 4.30. The molecule has 1 aromatic rings. The van der Waals surface area contributed by atoms with Crippen molar-refractivity contribution in [2.45, 2.75) is 53.9 Å². The van der Waals surface area contributed by atoms with E-state index in [9.17, 15) is 4.79 Å². The monoisotopic (exact) mass is 483 g/mol. The Bertz CT molecular complexity index is 1010. The Kier molecular flexibility index (Phi) is 14.4. The molecule has 0 aliphatic carbocycles. The number of Topliss-reactive ketones (excluding diaryl/α,β-unsaturated/α-hetero) is 1. The Balaban J connectivity index is 0.000000718. The van der Waals surface area contributed by atoms with Crippen LogP contribution in [0.5, 0.6) is 0 Å². The number of allylic oxidation sites excluding steroid dienone is 3. The number of ether oxygens (including phenoxy) is 1. The van der Waals surface area contributed by atoms with Crippen LogP contribution < -0.4 is 10.4 Å². The van der Waals surface area contributed by atoms with E-state index in [0.29, 0.717) is 0 Å². The molecular formula is C30H42ClNO2. The molecule has 1 heterocycles. The van der Waals surface area contributed by atoms with E-state index in [0.717, 1.165) is 84.3 Å². The highest BCUT2D eigenvalue weighted by molar-refractivity contribution is 6.29. The van der Waals surface area contributed by atoms with Crippen LogP contribution in [0, 0.1) is 0 Å². The molecule has 4 heteroatoms. The van der Waals surface area contributed by atoms with E-state index in [1.165, 1.54) is 5.57 Å². The number of hydrogen-bond acceptors (Lipinski definition) is 3. The smallest absolute Gasteiger partial charge is 0.160 e. The summed E-state index contributed by atoms with van der Waals surface area (Å²) in [7, 11) is 0. The molecule has 0 amide bonds. The number of carbonyl (C=O) groups excluding carboxylic acids is 1. The fraction of sp³-hybridized carbons (Fsp3) is 0.433. The number of hydrogen-bond donors (Lipinski definition) is 0. The molecule has 2 rings (SSSR count). The number of nitrogens with zero attached hydrogens (tertiary/aromatic N) is 1. The van der Waals surface area contributed by atoms with Crippen LogP contribution >= 0.6 is 11.6 Å². The van der Waals surface area contributed by atoms with Gasteiger partial charge in [-0.2, -0.15) is 0 Å². The molecule has 1 aliphatic heterocycles. The van der Waals surface area contributed by atoms with Crippen LogP contribution in [-0.2, 0) is 9.53 Å². The SMILES string of the molecule is C=C/C=C(\C=C(/C)Cl)CN1CCC(C)=C(/C(C(C)=O)=c2/ccccc2=C)C1.CCCOCCC. The maximum Gasteiger partial charge on any atom is 0.160 e. The molecule has 3 nitrogen and oxygen atoms in total. The van der Waals surface area contributed by atoms with Gasteiger partial charge in [0.15, 0.2) is 5.78 Å². The molecule has 1 aliphatic rings. The van der Waals surface area contributed by atoms with E-state index in [1.54, 1.807) is 13.0 Å². The summed E-state index contributed by atoms with van der Waals surface area (Å²) in [6.07, 6.45) is 8.95. The van der Waals surface area contributed by atoms with Crippen LogP contribution in [0.4, 0.5) is 0 Å². The van der Waals surface area contributed by atoms with E-state index >= 15 is 0 Å². The molecule has 0 unspecified atom stereocenters. The average Bonchev–Trinajstić information content (AvgIpc) is 2.78. The first kappa shape index (κ1) is 29.8. The molecule has 1 aromatic carbocycles. The van der Waals surface area contributed by atoms with Gasteiger partial charge in [0, 0.05) is 43.5 Å². The molecule has 0 saturated heterocycles. The van der Waals surface area contributed by atoms with E-state index in [4.69, 9.17) is 16.3 Å². The van der Waals surface area contributed by atoms with Crippen LogP contribution in [0.15, 0.2) is 70.8 Å². The number of benzene rings is 1. The van der Waals surface area contributed by atoms with Crippen molar-refractivity contribution in [2.24, 2.45) is 0 Å². The fourth-order valence-electron chi connectivity index (χ4n) is 3.87. The Labute approximate surface area is 211 Å². The zero-order valence-corrected chi connectivity index (χ0v) is 22.5. The number of carbonyl (C=O) groups is 1. The van der Waals surface area contributed by atoms with Crippen LogP contribution in [0.1, 0.15) is 53.9 Å². The molecule has 0 N–H and O–H groups in total. The first-order valence-electron chi connectivity index (χ1n) is 12.2. The normalized spacial score (nSPS) is 16.1. The van der Waals surface area contributed by atoms with Crippen molar-refractivity contribution < 1.29 is 9.53 Å². The summed E-state index contributed by atoms with van der Waals surface area (Å²) < 4.78 is 5.13. The van der Waals surface area contributed by atoms with Crippen LogP contribution in [-0.4, -0.2) is 43.5 Å². The maximum atomic E-state index is 12.5. The van der Waals surface area contributed by atoms with Gasteiger partial charge in [-0.1, -0.05) is 80.6 Å². The molecule has 186 valence electrons. The lowest BCUT2D eigenvalue weighted by Crippen LogP contribution is -2.36. The average molecular weight is 484 g/mol. The number of ketones is 1. The zero-order chi connectivity index (χ0) is 25.5. The van der Waals surface area contributed by atoms with Crippen LogP contribution in [0.2, 0.25) is 0 Å². The lowest BCUT2D eigenvalue weighted by molar-refractivity contribution is -0.111. The Morgan fingerprint density at radius 3 is 2.35 bits per heavy atom. The third kappa shape index (κ3) is 10.4. The second-order valence-electron chi connectivity index (χ2n) is 8.63. The summed E-state index contributed by atoms with van der Waals surface area (Å²) in [6.45, 7) is 22.1. The number of rotatable bonds is 10. The first-order valence-corrected chi connectivity index (χ1v) is 12.6. The highest BCUT2D eigenvalue weighted by Gasteiger charge is 2.22.